The van der Waals surface area contributed by atoms with Gasteiger partial charge in [0.25, 0.3) is 0 Å². The Balaban J connectivity index is 2.25. The quantitative estimate of drug-likeness (QED) is 0.824. The lowest BCUT2D eigenvalue weighted by atomic mass is 10.0. The summed E-state index contributed by atoms with van der Waals surface area (Å²) in [5.41, 5.74) is 0.871. The van der Waals surface area contributed by atoms with Crippen LogP contribution in [0.2, 0.25) is 0 Å². The smallest absolute Gasteiger partial charge is 0.339 e. The number of aromatic carboxylic acids is 1. The lowest BCUT2D eigenvalue weighted by Crippen LogP contribution is -2.06. The van der Waals surface area contributed by atoms with Crippen molar-refractivity contribution in [3.8, 4) is 5.75 Å². The Labute approximate surface area is 109 Å². The molecule has 0 aromatic heterocycles. The van der Waals surface area contributed by atoms with Crippen molar-refractivity contribution in [3.63, 3.8) is 0 Å². The highest BCUT2D eigenvalue weighted by molar-refractivity contribution is 6.00. The minimum Gasteiger partial charge on any atom is -0.507 e. The first-order chi connectivity index (χ1) is 9.08. The van der Waals surface area contributed by atoms with Crippen molar-refractivity contribution in [2.24, 2.45) is 0 Å². The van der Waals surface area contributed by atoms with Crippen molar-refractivity contribution in [1.82, 2.24) is 0 Å². The zero-order valence-electron chi connectivity index (χ0n) is 10.0. The van der Waals surface area contributed by atoms with Gasteiger partial charge in [0, 0.05) is 12.0 Å². The number of carbonyl (C=O) groups excluding carboxylic acids is 1. The van der Waals surface area contributed by atoms with E-state index in [0.717, 1.165) is 5.56 Å². The van der Waals surface area contributed by atoms with Gasteiger partial charge in [0.1, 0.15) is 11.3 Å². The first-order valence-electron chi connectivity index (χ1n) is 5.71. The van der Waals surface area contributed by atoms with Gasteiger partial charge in [-0.3, -0.25) is 4.79 Å². The number of hydrogen-bond donors (Lipinski definition) is 2. The van der Waals surface area contributed by atoms with E-state index in [9.17, 15) is 14.7 Å². The molecule has 96 valence electrons. The summed E-state index contributed by atoms with van der Waals surface area (Å²) in [6.45, 7) is 0. The highest BCUT2D eigenvalue weighted by Gasteiger charge is 2.14. The van der Waals surface area contributed by atoms with Crippen LogP contribution < -0.4 is 0 Å². The molecule has 0 unspecified atom stereocenters. The van der Waals surface area contributed by atoms with Gasteiger partial charge in [0.05, 0.1) is 0 Å². The molecular weight excluding hydrogens is 244 g/mol. The number of rotatable bonds is 4. The van der Waals surface area contributed by atoms with Gasteiger partial charge in [-0.05, 0) is 23.8 Å². The average molecular weight is 256 g/mol. The summed E-state index contributed by atoms with van der Waals surface area (Å²) >= 11 is 0. The Morgan fingerprint density at radius 3 is 2.32 bits per heavy atom. The number of hydrogen-bond acceptors (Lipinski definition) is 3. The molecule has 0 bridgehead atoms. The zero-order valence-corrected chi connectivity index (χ0v) is 10.0. The summed E-state index contributed by atoms with van der Waals surface area (Å²) in [5.74, 6) is -1.79. The van der Waals surface area contributed by atoms with Crippen molar-refractivity contribution >= 4 is 11.8 Å². The van der Waals surface area contributed by atoms with Gasteiger partial charge in [-0.25, -0.2) is 4.79 Å². The summed E-state index contributed by atoms with van der Waals surface area (Å²) in [5, 5.41) is 18.3. The summed E-state index contributed by atoms with van der Waals surface area (Å²) in [7, 11) is 0. The van der Waals surface area contributed by atoms with Crippen LogP contribution >= 0.6 is 0 Å². The molecule has 0 spiro atoms. The van der Waals surface area contributed by atoms with Crippen molar-refractivity contribution < 1.29 is 19.8 Å². The van der Waals surface area contributed by atoms with Gasteiger partial charge in [-0.15, -0.1) is 0 Å². The highest BCUT2D eigenvalue weighted by Crippen LogP contribution is 2.19. The fraction of sp³-hybridized carbons (Fsp3) is 0.0667. The van der Waals surface area contributed by atoms with Gasteiger partial charge in [-0.1, -0.05) is 30.3 Å². The number of Topliss-reactive ketones (excluding diaryl/α,β-unsaturated/α-hetero) is 1. The summed E-state index contributed by atoms with van der Waals surface area (Å²) < 4.78 is 0. The first-order valence-corrected chi connectivity index (χ1v) is 5.71. The van der Waals surface area contributed by atoms with E-state index in [2.05, 4.69) is 0 Å². The maximum Gasteiger partial charge on any atom is 0.339 e. The van der Waals surface area contributed by atoms with Crippen molar-refractivity contribution in [3.05, 3.63) is 65.2 Å². The van der Waals surface area contributed by atoms with E-state index in [0.29, 0.717) is 0 Å². The Morgan fingerprint density at radius 1 is 1.00 bits per heavy atom. The summed E-state index contributed by atoms with van der Waals surface area (Å²) in [4.78, 5) is 22.9. The molecule has 0 amide bonds. The Kier molecular flexibility index (Phi) is 3.61. The number of aromatic hydroxyl groups is 1. The fourth-order valence-corrected chi connectivity index (χ4v) is 1.76. The van der Waals surface area contributed by atoms with E-state index in [1.165, 1.54) is 18.2 Å². The van der Waals surface area contributed by atoms with Crippen LogP contribution in [0.5, 0.6) is 5.75 Å². The topological polar surface area (TPSA) is 74.6 Å². The standard InChI is InChI=1S/C15H12O4/c16-13-7-6-11(9-12(13)15(18)19)14(17)8-10-4-2-1-3-5-10/h1-7,9,16H,8H2,(H,18,19). The van der Waals surface area contributed by atoms with Crippen LogP contribution in [0.25, 0.3) is 0 Å². The maximum atomic E-state index is 12.0. The van der Waals surface area contributed by atoms with Gasteiger partial charge >= 0.3 is 5.97 Å². The molecule has 0 heterocycles. The molecule has 0 aliphatic heterocycles. The number of carboxylic acids is 1. The van der Waals surface area contributed by atoms with Gasteiger partial charge in [0.2, 0.25) is 0 Å². The zero-order chi connectivity index (χ0) is 13.8. The van der Waals surface area contributed by atoms with Crippen LogP contribution in [0.4, 0.5) is 0 Å². The largest absolute Gasteiger partial charge is 0.507 e. The third-order valence-electron chi connectivity index (χ3n) is 2.76. The van der Waals surface area contributed by atoms with Crippen molar-refractivity contribution in [2.75, 3.05) is 0 Å². The van der Waals surface area contributed by atoms with E-state index in [1.54, 1.807) is 0 Å². The molecule has 2 N–H and O–H groups in total. The predicted octanol–water partition coefficient (Wildman–Crippen LogP) is 2.52. The minimum absolute atomic E-state index is 0.186. The maximum absolute atomic E-state index is 12.0. The van der Waals surface area contributed by atoms with Gasteiger partial charge < -0.3 is 10.2 Å². The second-order valence-electron chi connectivity index (χ2n) is 4.12. The molecule has 0 aliphatic rings. The molecule has 0 saturated heterocycles. The van der Waals surface area contributed by atoms with E-state index < -0.39 is 5.97 Å². The molecule has 0 radical (unpaired) electrons. The Hall–Kier alpha value is -2.62. The molecule has 4 heteroatoms. The van der Waals surface area contributed by atoms with E-state index in [-0.39, 0.29) is 29.1 Å². The SMILES string of the molecule is O=C(Cc1ccccc1)c1ccc(O)c(C(=O)O)c1. The summed E-state index contributed by atoms with van der Waals surface area (Å²) in [6, 6.07) is 13.0. The molecule has 0 atom stereocenters. The number of benzene rings is 2. The van der Waals surface area contributed by atoms with Crippen molar-refractivity contribution in [1.29, 1.82) is 0 Å². The van der Waals surface area contributed by atoms with Gasteiger partial charge in [0.15, 0.2) is 5.78 Å². The summed E-state index contributed by atoms with van der Waals surface area (Å²) in [6.07, 6.45) is 0.199. The lowest BCUT2D eigenvalue weighted by Gasteiger charge is -2.04. The minimum atomic E-state index is -1.26. The van der Waals surface area contributed by atoms with Crippen LogP contribution in [-0.2, 0) is 6.42 Å². The second kappa shape index (κ2) is 5.35. The molecule has 2 aromatic carbocycles. The average Bonchev–Trinajstić information content (AvgIpc) is 2.40. The highest BCUT2D eigenvalue weighted by atomic mass is 16.4. The Bertz CT molecular complexity index is 617. The lowest BCUT2D eigenvalue weighted by molar-refractivity contribution is 0.0693. The van der Waals surface area contributed by atoms with Crippen LogP contribution in [0, 0.1) is 0 Å². The molecule has 0 fully saturated rings. The predicted molar refractivity (Wildman–Crippen MR) is 69.5 cm³/mol. The molecule has 4 nitrogen and oxygen atoms in total. The molecule has 2 aromatic rings. The number of phenols is 1. The van der Waals surface area contributed by atoms with E-state index in [4.69, 9.17) is 5.11 Å². The first kappa shape index (κ1) is 12.8. The Morgan fingerprint density at radius 2 is 1.68 bits per heavy atom. The normalized spacial score (nSPS) is 10.1. The molecule has 0 saturated carbocycles. The molecule has 0 aliphatic carbocycles. The monoisotopic (exact) mass is 256 g/mol. The fourth-order valence-electron chi connectivity index (χ4n) is 1.76. The van der Waals surface area contributed by atoms with E-state index >= 15 is 0 Å². The van der Waals surface area contributed by atoms with Crippen LogP contribution in [0.1, 0.15) is 26.3 Å². The number of carbonyl (C=O) groups is 2. The van der Waals surface area contributed by atoms with Crippen LogP contribution in [0.15, 0.2) is 48.5 Å². The number of carboxylic acid groups (broad SMARTS) is 1. The molecule has 19 heavy (non-hydrogen) atoms. The van der Waals surface area contributed by atoms with Crippen LogP contribution in [0.3, 0.4) is 0 Å². The molecule has 2 rings (SSSR count). The van der Waals surface area contributed by atoms with Gasteiger partial charge in [-0.2, -0.15) is 0 Å². The van der Waals surface area contributed by atoms with Crippen molar-refractivity contribution in [2.45, 2.75) is 6.42 Å². The van der Waals surface area contributed by atoms with E-state index in [1.807, 2.05) is 30.3 Å². The second-order valence-corrected chi connectivity index (χ2v) is 4.12. The molecular formula is C15H12O4. The van der Waals surface area contributed by atoms with Crippen LogP contribution in [-0.4, -0.2) is 22.0 Å². The number of ketones is 1. The third kappa shape index (κ3) is 2.98. The third-order valence-corrected chi connectivity index (χ3v) is 2.76.